The van der Waals surface area contributed by atoms with Crippen molar-refractivity contribution in [3.05, 3.63) is 78.2 Å². The van der Waals surface area contributed by atoms with Crippen LogP contribution >= 0.6 is 0 Å². The summed E-state index contributed by atoms with van der Waals surface area (Å²) in [6.45, 7) is 0.876. The molecule has 0 N–H and O–H groups in total. The molecule has 33 heavy (non-hydrogen) atoms. The first-order chi connectivity index (χ1) is 16.3. The van der Waals surface area contributed by atoms with E-state index < -0.39 is 0 Å². The van der Waals surface area contributed by atoms with E-state index in [0.717, 1.165) is 24.8 Å². The van der Waals surface area contributed by atoms with Crippen LogP contribution in [0.5, 0.6) is 0 Å². The van der Waals surface area contributed by atoms with E-state index in [4.69, 9.17) is 9.15 Å². The SMILES string of the molecule is COCc1c(C(=O)N2CCCCC2c2cccnc2)cnn1-c1nccc(-c2ccco2)n1. The number of ether oxygens (including phenoxy) is 1. The van der Waals surface area contributed by atoms with E-state index in [1.165, 1.54) is 0 Å². The minimum atomic E-state index is -0.0796. The van der Waals surface area contributed by atoms with Crippen molar-refractivity contribution in [2.75, 3.05) is 13.7 Å². The Morgan fingerprint density at radius 3 is 2.91 bits per heavy atom. The molecule has 1 saturated heterocycles. The van der Waals surface area contributed by atoms with E-state index in [9.17, 15) is 4.79 Å². The number of aromatic nitrogens is 5. The number of likely N-dealkylation sites (tertiary alicyclic amines) is 1. The van der Waals surface area contributed by atoms with Gasteiger partial charge in [0.1, 0.15) is 5.69 Å². The van der Waals surface area contributed by atoms with Crippen LogP contribution in [0.1, 0.15) is 46.9 Å². The van der Waals surface area contributed by atoms with Gasteiger partial charge in [-0.05, 0) is 49.1 Å². The van der Waals surface area contributed by atoms with E-state index in [-0.39, 0.29) is 18.6 Å². The Morgan fingerprint density at radius 2 is 2.12 bits per heavy atom. The first-order valence-corrected chi connectivity index (χ1v) is 10.9. The van der Waals surface area contributed by atoms with Crippen molar-refractivity contribution in [3.8, 4) is 17.4 Å². The van der Waals surface area contributed by atoms with E-state index >= 15 is 0 Å². The Morgan fingerprint density at radius 1 is 1.18 bits per heavy atom. The Kier molecular flexibility index (Phi) is 5.95. The summed E-state index contributed by atoms with van der Waals surface area (Å²) in [5.74, 6) is 0.893. The number of rotatable bonds is 6. The second-order valence-electron chi connectivity index (χ2n) is 7.87. The van der Waals surface area contributed by atoms with Crippen molar-refractivity contribution in [2.24, 2.45) is 0 Å². The van der Waals surface area contributed by atoms with Gasteiger partial charge >= 0.3 is 0 Å². The summed E-state index contributed by atoms with van der Waals surface area (Å²) in [6, 6.07) is 9.31. The average Bonchev–Trinajstić information content (AvgIpc) is 3.55. The topological polar surface area (TPSA) is 99.2 Å². The second-order valence-corrected chi connectivity index (χ2v) is 7.87. The van der Waals surface area contributed by atoms with E-state index in [2.05, 4.69) is 20.1 Å². The highest BCUT2D eigenvalue weighted by atomic mass is 16.5. The number of piperidine rings is 1. The van der Waals surface area contributed by atoms with Gasteiger partial charge in [0.05, 0.1) is 36.4 Å². The molecule has 5 rings (SSSR count). The molecule has 0 bridgehead atoms. The predicted molar refractivity (Wildman–Crippen MR) is 119 cm³/mol. The summed E-state index contributed by atoms with van der Waals surface area (Å²) in [5.41, 5.74) is 2.76. The lowest BCUT2D eigenvalue weighted by atomic mass is 9.95. The molecule has 9 heteroatoms. The summed E-state index contributed by atoms with van der Waals surface area (Å²) >= 11 is 0. The Balaban J connectivity index is 1.51. The number of amides is 1. The molecule has 168 valence electrons. The molecule has 1 aliphatic rings. The molecule has 0 aromatic carbocycles. The summed E-state index contributed by atoms with van der Waals surface area (Å²) in [6.07, 6.45) is 11.3. The maximum atomic E-state index is 13.7. The molecule has 0 saturated carbocycles. The standard InChI is InChI=1S/C24H24N6O3/c1-32-16-21-18(23(31)29-12-3-2-7-20(29)17-6-4-10-25-14-17)15-27-30(21)24-26-11-9-19(28-24)22-8-5-13-33-22/h4-6,8-11,13-15,20H,2-3,7,12,16H2,1H3. The fourth-order valence-corrected chi connectivity index (χ4v) is 4.26. The molecule has 0 radical (unpaired) electrons. The van der Waals surface area contributed by atoms with Gasteiger partial charge in [-0.3, -0.25) is 9.78 Å². The Labute approximate surface area is 191 Å². The normalized spacial score (nSPS) is 16.2. The molecular formula is C24H24N6O3. The third-order valence-electron chi connectivity index (χ3n) is 5.82. The summed E-state index contributed by atoms with van der Waals surface area (Å²) in [7, 11) is 1.59. The van der Waals surface area contributed by atoms with Crippen LogP contribution in [0.2, 0.25) is 0 Å². The van der Waals surface area contributed by atoms with Gasteiger partial charge in [0.15, 0.2) is 5.76 Å². The van der Waals surface area contributed by atoms with Gasteiger partial charge in [-0.2, -0.15) is 9.78 Å². The number of hydrogen-bond acceptors (Lipinski definition) is 7. The van der Waals surface area contributed by atoms with Gasteiger partial charge in [0, 0.05) is 32.2 Å². The zero-order valence-corrected chi connectivity index (χ0v) is 18.3. The number of carbonyl (C=O) groups is 1. The molecule has 1 unspecified atom stereocenters. The summed E-state index contributed by atoms with van der Waals surface area (Å²) < 4.78 is 12.4. The second kappa shape index (κ2) is 9.33. The molecule has 9 nitrogen and oxygen atoms in total. The number of nitrogens with zero attached hydrogens (tertiary/aromatic N) is 6. The summed E-state index contributed by atoms with van der Waals surface area (Å²) in [4.78, 5) is 28.8. The fourth-order valence-electron chi connectivity index (χ4n) is 4.26. The number of furan rings is 1. The third kappa shape index (κ3) is 4.14. The fraction of sp³-hybridized carbons (Fsp3) is 0.292. The molecule has 0 spiro atoms. The number of carbonyl (C=O) groups excluding carboxylic acids is 1. The average molecular weight is 444 g/mol. The monoisotopic (exact) mass is 444 g/mol. The van der Waals surface area contributed by atoms with E-state index in [1.54, 1.807) is 48.8 Å². The lowest BCUT2D eigenvalue weighted by molar-refractivity contribution is 0.0606. The molecule has 5 heterocycles. The van der Waals surface area contributed by atoms with Crippen LogP contribution in [-0.4, -0.2) is 49.2 Å². The Bertz CT molecular complexity index is 1220. The van der Waals surface area contributed by atoms with Crippen LogP contribution in [-0.2, 0) is 11.3 Å². The van der Waals surface area contributed by atoms with Crippen molar-refractivity contribution >= 4 is 5.91 Å². The molecule has 1 atom stereocenters. The van der Waals surface area contributed by atoms with Gasteiger partial charge in [0.2, 0.25) is 0 Å². The van der Waals surface area contributed by atoms with Crippen LogP contribution < -0.4 is 0 Å². The molecule has 1 amide bonds. The van der Waals surface area contributed by atoms with Gasteiger partial charge in [-0.15, -0.1) is 0 Å². The van der Waals surface area contributed by atoms with Gasteiger partial charge in [-0.25, -0.2) is 9.97 Å². The quantitative estimate of drug-likeness (QED) is 0.446. The molecule has 1 aliphatic heterocycles. The number of methoxy groups -OCH3 is 1. The zero-order valence-electron chi connectivity index (χ0n) is 18.3. The van der Waals surface area contributed by atoms with Crippen molar-refractivity contribution in [1.82, 2.24) is 29.6 Å². The van der Waals surface area contributed by atoms with E-state index in [1.807, 2.05) is 29.3 Å². The first-order valence-electron chi connectivity index (χ1n) is 10.9. The molecule has 1 fully saturated rings. The minimum absolute atomic E-state index is 0.0165. The summed E-state index contributed by atoms with van der Waals surface area (Å²) in [5, 5.41) is 4.46. The molecular weight excluding hydrogens is 420 g/mol. The highest BCUT2D eigenvalue weighted by molar-refractivity contribution is 5.95. The van der Waals surface area contributed by atoms with Crippen molar-refractivity contribution in [3.63, 3.8) is 0 Å². The van der Waals surface area contributed by atoms with Crippen LogP contribution in [0.3, 0.4) is 0 Å². The van der Waals surface area contributed by atoms with Crippen LogP contribution in [0, 0.1) is 0 Å². The lowest BCUT2D eigenvalue weighted by Crippen LogP contribution is -2.39. The number of pyridine rings is 1. The minimum Gasteiger partial charge on any atom is -0.463 e. The number of hydrogen-bond donors (Lipinski definition) is 0. The maximum Gasteiger partial charge on any atom is 0.257 e. The van der Waals surface area contributed by atoms with Crippen LogP contribution in [0.15, 0.2) is 65.8 Å². The van der Waals surface area contributed by atoms with Crippen molar-refractivity contribution in [2.45, 2.75) is 31.9 Å². The maximum absolute atomic E-state index is 13.7. The highest BCUT2D eigenvalue weighted by Crippen LogP contribution is 2.32. The lowest BCUT2D eigenvalue weighted by Gasteiger charge is -2.36. The Hall–Kier alpha value is -3.85. The molecule has 4 aromatic rings. The van der Waals surface area contributed by atoms with E-state index in [0.29, 0.717) is 35.2 Å². The van der Waals surface area contributed by atoms with Gasteiger partial charge in [0.25, 0.3) is 11.9 Å². The largest absolute Gasteiger partial charge is 0.463 e. The van der Waals surface area contributed by atoms with Gasteiger partial charge in [-0.1, -0.05) is 6.07 Å². The molecule has 0 aliphatic carbocycles. The zero-order chi connectivity index (χ0) is 22.6. The van der Waals surface area contributed by atoms with Gasteiger partial charge < -0.3 is 14.1 Å². The predicted octanol–water partition coefficient (Wildman–Crippen LogP) is 3.83. The first kappa shape index (κ1) is 21.0. The smallest absolute Gasteiger partial charge is 0.257 e. The van der Waals surface area contributed by atoms with Crippen molar-refractivity contribution < 1.29 is 13.9 Å². The van der Waals surface area contributed by atoms with Crippen molar-refractivity contribution in [1.29, 1.82) is 0 Å². The third-order valence-corrected chi connectivity index (χ3v) is 5.82. The van der Waals surface area contributed by atoms with Crippen LogP contribution in [0.25, 0.3) is 17.4 Å². The molecule has 4 aromatic heterocycles. The van der Waals surface area contributed by atoms with Crippen LogP contribution in [0.4, 0.5) is 0 Å². The highest BCUT2D eigenvalue weighted by Gasteiger charge is 2.31.